The third kappa shape index (κ3) is 3.98. The van der Waals surface area contributed by atoms with Gasteiger partial charge in [0, 0.05) is 43.2 Å². The Hall–Kier alpha value is -3.26. The highest BCUT2D eigenvalue weighted by Gasteiger charge is 2.38. The normalized spacial score (nSPS) is 21.4. The number of hydrogen-bond acceptors (Lipinski definition) is 5. The third-order valence-electron chi connectivity index (χ3n) is 6.57. The van der Waals surface area contributed by atoms with Gasteiger partial charge in [-0.25, -0.2) is 9.37 Å². The number of amides is 1. The zero-order valence-electron chi connectivity index (χ0n) is 17.8. The van der Waals surface area contributed by atoms with Crippen molar-refractivity contribution in [1.82, 2.24) is 20.2 Å². The average molecular weight is 436 g/mol. The molecule has 0 bridgehead atoms. The van der Waals surface area contributed by atoms with E-state index in [1.54, 1.807) is 31.4 Å². The molecule has 0 radical (unpaired) electrons. The Labute approximate surface area is 184 Å². The lowest BCUT2D eigenvalue weighted by molar-refractivity contribution is -0.00793. The molecule has 2 N–H and O–H groups in total. The lowest BCUT2D eigenvalue weighted by Crippen LogP contribution is -2.57. The van der Waals surface area contributed by atoms with E-state index in [0.29, 0.717) is 28.8 Å². The van der Waals surface area contributed by atoms with Gasteiger partial charge < -0.3 is 15.0 Å². The molecule has 2 aliphatic rings. The number of pyridine rings is 2. The zero-order valence-corrected chi connectivity index (χ0v) is 17.8. The predicted octanol–water partition coefficient (Wildman–Crippen LogP) is 2.82. The van der Waals surface area contributed by atoms with E-state index < -0.39 is 5.82 Å². The Bertz CT molecular complexity index is 1200. The molecule has 3 heterocycles. The van der Waals surface area contributed by atoms with Crippen LogP contribution < -0.4 is 15.6 Å². The molecule has 0 spiro atoms. The molecule has 1 aliphatic heterocycles. The third-order valence-corrected chi connectivity index (χ3v) is 6.57. The summed E-state index contributed by atoms with van der Waals surface area (Å²) in [4.78, 5) is 33.5. The van der Waals surface area contributed by atoms with Crippen molar-refractivity contribution in [2.75, 3.05) is 20.1 Å². The number of H-pyrrole nitrogens is 1. The molecule has 32 heavy (non-hydrogen) atoms. The van der Waals surface area contributed by atoms with Crippen molar-refractivity contribution in [3.8, 4) is 5.75 Å². The molecule has 8 heteroatoms. The number of nitrogens with one attached hydrogen (secondary N) is 2. The van der Waals surface area contributed by atoms with Gasteiger partial charge in [-0.15, -0.1) is 0 Å². The number of nitrogens with zero attached hydrogens (tertiary/aromatic N) is 2. The fourth-order valence-corrected chi connectivity index (χ4v) is 4.79. The Kier molecular flexibility index (Phi) is 5.38. The highest BCUT2D eigenvalue weighted by Crippen LogP contribution is 2.38. The van der Waals surface area contributed by atoms with Gasteiger partial charge in [0.1, 0.15) is 23.4 Å². The van der Waals surface area contributed by atoms with E-state index in [2.05, 4.69) is 20.2 Å². The SMILES string of the molecule is CNC(=O)c1ccc(OC2CN([C@@H]3CC[C@@H](c4cc5ccc(F)cc5c(=O)[nH]4)C3)C2)cn1. The molecule has 2 aromatic heterocycles. The number of aromatic amines is 1. The van der Waals surface area contributed by atoms with Crippen LogP contribution in [0, 0.1) is 5.82 Å². The number of benzene rings is 1. The smallest absolute Gasteiger partial charge is 0.269 e. The van der Waals surface area contributed by atoms with Crippen LogP contribution in [0.15, 0.2) is 47.4 Å². The lowest BCUT2D eigenvalue weighted by atomic mass is 9.99. The second-order valence-corrected chi connectivity index (χ2v) is 8.60. The van der Waals surface area contributed by atoms with E-state index in [-0.39, 0.29) is 17.6 Å². The fraction of sp³-hybridized carbons (Fsp3) is 0.375. The number of carbonyl (C=O) groups excluding carboxylic acids is 1. The van der Waals surface area contributed by atoms with E-state index in [9.17, 15) is 14.0 Å². The summed E-state index contributed by atoms with van der Waals surface area (Å²) in [5, 5.41) is 3.72. The van der Waals surface area contributed by atoms with Crippen molar-refractivity contribution in [3.63, 3.8) is 0 Å². The second kappa shape index (κ2) is 8.35. The van der Waals surface area contributed by atoms with Gasteiger partial charge in [0.05, 0.1) is 6.20 Å². The Balaban J connectivity index is 1.17. The number of rotatable bonds is 5. The Morgan fingerprint density at radius 1 is 1.22 bits per heavy atom. The summed E-state index contributed by atoms with van der Waals surface area (Å²) in [5.74, 6) is 0.340. The van der Waals surface area contributed by atoms with E-state index in [1.807, 2.05) is 6.07 Å². The molecule has 1 amide bonds. The summed E-state index contributed by atoms with van der Waals surface area (Å²) in [6, 6.07) is 10.2. The highest BCUT2D eigenvalue weighted by molar-refractivity contribution is 5.92. The summed E-state index contributed by atoms with van der Waals surface area (Å²) in [6.45, 7) is 1.70. The monoisotopic (exact) mass is 436 g/mol. The van der Waals surface area contributed by atoms with Gasteiger partial charge in [-0.3, -0.25) is 14.5 Å². The van der Waals surface area contributed by atoms with Crippen LogP contribution in [0.3, 0.4) is 0 Å². The van der Waals surface area contributed by atoms with Crippen molar-refractivity contribution in [2.24, 2.45) is 0 Å². The number of fused-ring (bicyclic) bond motifs is 1. The largest absolute Gasteiger partial charge is 0.486 e. The number of aromatic nitrogens is 2. The standard InChI is InChI=1S/C24H25FN4O3/c1-26-24(31)21-7-6-18(11-27-21)32-19-12-29(13-19)17-5-3-15(8-17)22-9-14-2-4-16(25)10-20(14)23(30)28-22/h2,4,6-7,9-11,15,17,19H,3,5,8,12-13H2,1H3,(H,26,31)(H,28,30)/t15-,17-/m1/s1. The number of likely N-dealkylation sites (tertiary alicyclic amines) is 1. The molecule has 2 atom stereocenters. The quantitative estimate of drug-likeness (QED) is 0.642. The summed E-state index contributed by atoms with van der Waals surface area (Å²) in [7, 11) is 1.57. The van der Waals surface area contributed by atoms with Crippen LogP contribution in [0.1, 0.15) is 41.4 Å². The molecule has 7 nitrogen and oxygen atoms in total. The van der Waals surface area contributed by atoms with Crippen molar-refractivity contribution < 1.29 is 13.9 Å². The Morgan fingerprint density at radius 3 is 2.81 bits per heavy atom. The second-order valence-electron chi connectivity index (χ2n) is 8.60. The molecule has 2 fully saturated rings. The van der Waals surface area contributed by atoms with Crippen LogP contribution in [0.25, 0.3) is 10.8 Å². The average Bonchev–Trinajstić information content (AvgIpc) is 3.26. The molecule has 1 aliphatic carbocycles. The Morgan fingerprint density at radius 2 is 2.06 bits per heavy atom. The molecular formula is C24H25FN4O3. The van der Waals surface area contributed by atoms with E-state index in [1.165, 1.54) is 12.1 Å². The van der Waals surface area contributed by atoms with Crippen molar-refractivity contribution in [1.29, 1.82) is 0 Å². The molecule has 3 aromatic rings. The van der Waals surface area contributed by atoms with Crippen LogP contribution >= 0.6 is 0 Å². The van der Waals surface area contributed by atoms with Crippen molar-refractivity contribution >= 4 is 16.7 Å². The molecule has 166 valence electrons. The van der Waals surface area contributed by atoms with E-state index in [4.69, 9.17) is 4.74 Å². The minimum absolute atomic E-state index is 0.108. The molecule has 1 aromatic carbocycles. The first kappa shape index (κ1) is 20.6. The van der Waals surface area contributed by atoms with Crippen molar-refractivity contribution in [2.45, 2.75) is 37.3 Å². The maximum Gasteiger partial charge on any atom is 0.269 e. The zero-order chi connectivity index (χ0) is 22.2. The molecule has 5 rings (SSSR count). The van der Waals surface area contributed by atoms with Gasteiger partial charge in [0.25, 0.3) is 11.5 Å². The molecule has 1 saturated carbocycles. The summed E-state index contributed by atoms with van der Waals surface area (Å²) in [6.07, 6.45) is 4.76. The topological polar surface area (TPSA) is 87.3 Å². The van der Waals surface area contributed by atoms with Crippen LogP contribution in [0.2, 0.25) is 0 Å². The minimum atomic E-state index is -0.399. The lowest BCUT2D eigenvalue weighted by Gasteiger charge is -2.42. The van der Waals surface area contributed by atoms with Crippen LogP contribution in [0.5, 0.6) is 5.75 Å². The van der Waals surface area contributed by atoms with Crippen molar-refractivity contribution in [3.05, 3.63) is 70.2 Å². The van der Waals surface area contributed by atoms with Crippen LogP contribution in [0.4, 0.5) is 4.39 Å². The highest BCUT2D eigenvalue weighted by atomic mass is 19.1. The number of halogens is 1. The maximum absolute atomic E-state index is 13.4. The van der Waals surface area contributed by atoms with Gasteiger partial charge in [-0.2, -0.15) is 0 Å². The number of hydrogen-bond donors (Lipinski definition) is 2. The first-order valence-corrected chi connectivity index (χ1v) is 10.9. The predicted molar refractivity (Wildman–Crippen MR) is 119 cm³/mol. The van der Waals surface area contributed by atoms with E-state index in [0.717, 1.165) is 43.4 Å². The van der Waals surface area contributed by atoms with Crippen LogP contribution in [-0.4, -0.2) is 53.1 Å². The first-order valence-electron chi connectivity index (χ1n) is 10.9. The maximum atomic E-state index is 13.4. The van der Waals surface area contributed by atoms with Gasteiger partial charge in [-0.05, 0) is 55.0 Å². The summed E-state index contributed by atoms with van der Waals surface area (Å²) >= 11 is 0. The van der Waals surface area contributed by atoms with Gasteiger partial charge in [0.2, 0.25) is 0 Å². The van der Waals surface area contributed by atoms with Gasteiger partial charge in [-0.1, -0.05) is 6.07 Å². The van der Waals surface area contributed by atoms with Crippen LogP contribution in [-0.2, 0) is 0 Å². The van der Waals surface area contributed by atoms with E-state index >= 15 is 0 Å². The van der Waals surface area contributed by atoms with Gasteiger partial charge >= 0.3 is 0 Å². The molecule has 1 saturated heterocycles. The minimum Gasteiger partial charge on any atom is -0.486 e. The molecule has 0 unspecified atom stereocenters. The summed E-state index contributed by atoms with van der Waals surface area (Å²) in [5.41, 5.74) is 1.07. The number of carbonyl (C=O) groups is 1. The van der Waals surface area contributed by atoms with Gasteiger partial charge in [0.15, 0.2) is 0 Å². The molecular weight excluding hydrogens is 411 g/mol. The summed E-state index contributed by atoms with van der Waals surface area (Å²) < 4.78 is 19.4. The first-order chi connectivity index (χ1) is 15.5. The fourth-order valence-electron chi connectivity index (χ4n) is 4.79. The number of ether oxygens (including phenoxy) is 1.